The van der Waals surface area contributed by atoms with Crippen LogP contribution in [-0.2, 0) is 11.3 Å². The Hall–Kier alpha value is -3.41. The molecule has 6 nitrogen and oxygen atoms in total. The van der Waals surface area contributed by atoms with Crippen molar-refractivity contribution >= 4 is 16.8 Å². The van der Waals surface area contributed by atoms with Gasteiger partial charge in [-0.2, -0.15) is 10.2 Å². The highest BCUT2D eigenvalue weighted by Gasteiger charge is 2.12. The van der Waals surface area contributed by atoms with E-state index in [1.54, 1.807) is 21.8 Å². The van der Waals surface area contributed by atoms with Crippen LogP contribution in [0.25, 0.3) is 16.6 Å². The molecule has 0 aliphatic heterocycles. The third-order valence-electron chi connectivity index (χ3n) is 4.36. The lowest BCUT2D eigenvalue weighted by atomic mass is 10.1. The van der Waals surface area contributed by atoms with Gasteiger partial charge in [-0.1, -0.05) is 30.3 Å². The van der Waals surface area contributed by atoms with E-state index in [2.05, 4.69) is 15.5 Å². The van der Waals surface area contributed by atoms with Crippen molar-refractivity contribution in [1.29, 1.82) is 0 Å². The van der Waals surface area contributed by atoms with Gasteiger partial charge in [-0.05, 0) is 36.8 Å². The van der Waals surface area contributed by atoms with Crippen LogP contribution in [0.3, 0.4) is 0 Å². The predicted molar refractivity (Wildman–Crippen MR) is 99.9 cm³/mol. The third kappa shape index (κ3) is 3.21. The van der Waals surface area contributed by atoms with Crippen molar-refractivity contribution < 1.29 is 4.79 Å². The molecule has 0 fully saturated rings. The second kappa shape index (κ2) is 6.84. The quantitative estimate of drug-likeness (QED) is 0.604. The smallest absolute Gasteiger partial charge is 0.242 e. The van der Waals surface area contributed by atoms with Gasteiger partial charge in [0.15, 0.2) is 0 Å². The fourth-order valence-electron chi connectivity index (χ4n) is 3.02. The summed E-state index contributed by atoms with van der Waals surface area (Å²) in [6.45, 7) is 2.16. The van der Waals surface area contributed by atoms with E-state index in [-0.39, 0.29) is 18.5 Å². The van der Waals surface area contributed by atoms with Crippen molar-refractivity contribution in [1.82, 2.24) is 24.9 Å². The van der Waals surface area contributed by atoms with E-state index in [1.165, 1.54) is 0 Å². The van der Waals surface area contributed by atoms with Crippen molar-refractivity contribution in [2.75, 3.05) is 0 Å². The Kier molecular flexibility index (Phi) is 4.23. The highest BCUT2D eigenvalue weighted by atomic mass is 16.2. The minimum atomic E-state index is -0.111. The first-order valence-corrected chi connectivity index (χ1v) is 8.50. The molecule has 2 heterocycles. The molecule has 6 heteroatoms. The molecule has 0 aliphatic rings. The van der Waals surface area contributed by atoms with E-state index in [1.807, 2.05) is 67.7 Å². The molecule has 4 rings (SSSR count). The van der Waals surface area contributed by atoms with Crippen LogP contribution >= 0.6 is 0 Å². The number of carbonyl (C=O) groups is 1. The largest absolute Gasteiger partial charge is 0.348 e. The standard InChI is InChI=1S/C20H19N5O/c1-15(16-7-4-8-18(12-16)24-11-5-10-21-24)23-20(26)14-25-19-9-3-2-6-17(19)13-22-25/h2-13,15H,14H2,1H3,(H,23,26)/t15-/m0/s1. The van der Waals surface area contributed by atoms with Gasteiger partial charge < -0.3 is 5.32 Å². The summed E-state index contributed by atoms with van der Waals surface area (Å²) in [4.78, 5) is 12.5. The number of amides is 1. The summed E-state index contributed by atoms with van der Waals surface area (Å²) in [6, 6.07) is 17.6. The van der Waals surface area contributed by atoms with Crippen LogP contribution < -0.4 is 5.32 Å². The van der Waals surface area contributed by atoms with Crippen LogP contribution in [-0.4, -0.2) is 25.5 Å². The van der Waals surface area contributed by atoms with Gasteiger partial charge in [0.1, 0.15) is 6.54 Å². The summed E-state index contributed by atoms with van der Waals surface area (Å²) >= 11 is 0. The summed E-state index contributed by atoms with van der Waals surface area (Å²) < 4.78 is 3.52. The molecule has 1 amide bonds. The molecule has 26 heavy (non-hydrogen) atoms. The number of aromatic nitrogens is 4. The zero-order valence-corrected chi connectivity index (χ0v) is 14.4. The minimum absolute atomic E-state index is 0.0733. The second-order valence-corrected chi connectivity index (χ2v) is 6.20. The fraction of sp³-hybridized carbons (Fsp3) is 0.150. The first kappa shape index (κ1) is 16.1. The first-order chi connectivity index (χ1) is 12.7. The Morgan fingerprint density at radius 2 is 2.00 bits per heavy atom. The summed E-state index contributed by atoms with van der Waals surface area (Å²) in [6.07, 6.45) is 5.41. The first-order valence-electron chi connectivity index (χ1n) is 8.50. The lowest BCUT2D eigenvalue weighted by Crippen LogP contribution is -2.30. The molecule has 0 aliphatic carbocycles. The molecule has 2 aromatic heterocycles. The number of benzene rings is 2. The van der Waals surface area contributed by atoms with Crippen LogP contribution in [0.2, 0.25) is 0 Å². The van der Waals surface area contributed by atoms with Gasteiger partial charge in [0.2, 0.25) is 5.91 Å². The average Bonchev–Trinajstić information content (AvgIpc) is 3.32. The average molecular weight is 345 g/mol. The Balaban J connectivity index is 1.47. The third-order valence-corrected chi connectivity index (χ3v) is 4.36. The van der Waals surface area contributed by atoms with E-state index >= 15 is 0 Å². The summed E-state index contributed by atoms with van der Waals surface area (Å²) in [5.41, 5.74) is 2.94. The van der Waals surface area contributed by atoms with Gasteiger partial charge in [-0.3, -0.25) is 9.48 Å². The molecule has 2 aromatic carbocycles. The maximum Gasteiger partial charge on any atom is 0.242 e. The fourth-order valence-corrected chi connectivity index (χ4v) is 3.02. The van der Waals surface area contributed by atoms with Gasteiger partial charge in [0.05, 0.1) is 23.4 Å². The summed E-state index contributed by atoms with van der Waals surface area (Å²) in [5.74, 6) is -0.0733. The normalized spacial score (nSPS) is 12.2. The number of rotatable bonds is 5. The van der Waals surface area contributed by atoms with E-state index in [9.17, 15) is 4.79 Å². The number of para-hydroxylation sites is 1. The maximum atomic E-state index is 12.5. The van der Waals surface area contributed by atoms with Crippen molar-refractivity contribution in [3.63, 3.8) is 0 Å². The van der Waals surface area contributed by atoms with E-state index in [4.69, 9.17) is 0 Å². The van der Waals surface area contributed by atoms with E-state index in [0.717, 1.165) is 22.2 Å². The number of nitrogens with zero attached hydrogens (tertiary/aromatic N) is 4. The van der Waals surface area contributed by atoms with Crippen LogP contribution in [0.5, 0.6) is 0 Å². The van der Waals surface area contributed by atoms with Gasteiger partial charge in [-0.15, -0.1) is 0 Å². The minimum Gasteiger partial charge on any atom is -0.348 e. The van der Waals surface area contributed by atoms with Gasteiger partial charge >= 0.3 is 0 Å². The number of fused-ring (bicyclic) bond motifs is 1. The van der Waals surface area contributed by atoms with Crippen molar-refractivity contribution in [2.24, 2.45) is 0 Å². The number of carbonyl (C=O) groups excluding carboxylic acids is 1. The van der Waals surface area contributed by atoms with Crippen LogP contribution in [0, 0.1) is 0 Å². The summed E-state index contributed by atoms with van der Waals surface area (Å²) in [5, 5.41) is 12.6. The van der Waals surface area contributed by atoms with Crippen molar-refractivity contribution in [3.05, 3.63) is 78.8 Å². The van der Waals surface area contributed by atoms with Crippen LogP contribution in [0.15, 0.2) is 73.2 Å². The zero-order chi connectivity index (χ0) is 17.9. The topological polar surface area (TPSA) is 64.7 Å². The van der Waals surface area contributed by atoms with E-state index < -0.39 is 0 Å². The van der Waals surface area contributed by atoms with Crippen LogP contribution in [0.1, 0.15) is 18.5 Å². The number of hydrogen-bond donors (Lipinski definition) is 1. The zero-order valence-electron chi connectivity index (χ0n) is 14.4. The Morgan fingerprint density at radius 1 is 1.12 bits per heavy atom. The predicted octanol–water partition coefficient (Wildman–Crippen LogP) is 3.10. The molecule has 0 bridgehead atoms. The highest BCUT2D eigenvalue weighted by Crippen LogP contribution is 2.17. The molecule has 130 valence electrons. The van der Waals surface area contributed by atoms with Gasteiger partial charge in [-0.25, -0.2) is 4.68 Å². The molecule has 1 N–H and O–H groups in total. The molecular formula is C20H19N5O. The van der Waals surface area contributed by atoms with Crippen LogP contribution in [0.4, 0.5) is 0 Å². The molecule has 4 aromatic rings. The molecule has 0 saturated heterocycles. The lowest BCUT2D eigenvalue weighted by Gasteiger charge is -2.15. The van der Waals surface area contributed by atoms with E-state index in [0.29, 0.717) is 0 Å². The molecule has 0 saturated carbocycles. The SMILES string of the molecule is C[C@H](NC(=O)Cn1ncc2ccccc21)c1cccc(-n2cccn2)c1. The molecule has 0 spiro atoms. The molecular weight excluding hydrogens is 326 g/mol. The Morgan fingerprint density at radius 3 is 2.85 bits per heavy atom. The highest BCUT2D eigenvalue weighted by molar-refractivity contribution is 5.82. The lowest BCUT2D eigenvalue weighted by molar-refractivity contribution is -0.122. The number of hydrogen-bond acceptors (Lipinski definition) is 3. The maximum absolute atomic E-state index is 12.5. The Labute approximate surface area is 151 Å². The monoisotopic (exact) mass is 345 g/mol. The molecule has 0 radical (unpaired) electrons. The molecule has 1 atom stereocenters. The van der Waals surface area contributed by atoms with Gasteiger partial charge in [0.25, 0.3) is 0 Å². The van der Waals surface area contributed by atoms with Crippen molar-refractivity contribution in [3.8, 4) is 5.69 Å². The number of nitrogens with one attached hydrogen (secondary N) is 1. The Bertz CT molecular complexity index is 1040. The van der Waals surface area contributed by atoms with Gasteiger partial charge in [0, 0.05) is 17.8 Å². The second-order valence-electron chi connectivity index (χ2n) is 6.20. The van der Waals surface area contributed by atoms with Crippen molar-refractivity contribution in [2.45, 2.75) is 19.5 Å². The molecule has 0 unspecified atom stereocenters. The summed E-state index contributed by atoms with van der Waals surface area (Å²) in [7, 11) is 0.